The molecule has 0 aliphatic heterocycles. The molecule has 0 radical (unpaired) electrons. The highest BCUT2D eigenvalue weighted by atomic mass is 16.1. The number of pyridine rings is 1. The van der Waals surface area contributed by atoms with Gasteiger partial charge in [0.15, 0.2) is 0 Å². The number of nitrogens with two attached hydrogens (primary N) is 1. The third-order valence-electron chi connectivity index (χ3n) is 2.51. The van der Waals surface area contributed by atoms with Gasteiger partial charge in [-0.1, -0.05) is 13.3 Å². The summed E-state index contributed by atoms with van der Waals surface area (Å²) in [5.74, 6) is -0.323. The van der Waals surface area contributed by atoms with E-state index in [4.69, 9.17) is 5.73 Å². The topological polar surface area (TPSA) is 71.2 Å². The van der Waals surface area contributed by atoms with E-state index in [1.54, 1.807) is 12.4 Å². The number of rotatable bonds is 7. The molecule has 94 valence electrons. The lowest BCUT2D eigenvalue weighted by molar-refractivity contribution is -0.116. The quantitative estimate of drug-likeness (QED) is 0.746. The highest BCUT2D eigenvalue weighted by Gasteiger charge is 2.09. The number of primary amides is 1. The van der Waals surface area contributed by atoms with Gasteiger partial charge in [0.2, 0.25) is 5.91 Å². The summed E-state index contributed by atoms with van der Waals surface area (Å²) < 4.78 is 0. The van der Waals surface area contributed by atoms with Crippen LogP contribution in [0.3, 0.4) is 0 Å². The van der Waals surface area contributed by atoms with Gasteiger partial charge in [0.25, 0.3) is 0 Å². The molecule has 0 saturated carbocycles. The first-order valence-corrected chi connectivity index (χ1v) is 5.83. The third kappa shape index (κ3) is 4.30. The second-order valence-electron chi connectivity index (χ2n) is 3.92. The fourth-order valence-corrected chi connectivity index (χ4v) is 1.57. The van der Waals surface area contributed by atoms with E-state index in [9.17, 15) is 4.79 Å². The Bertz CT molecular complexity index is 367. The molecule has 0 aromatic carbocycles. The summed E-state index contributed by atoms with van der Waals surface area (Å²) >= 11 is 0. The van der Waals surface area contributed by atoms with Crippen LogP contribution in [0.15, 0.2) is 18.5 Å². The molecule has 0 bridgehead atoms. The molecule has 0 spiro atoms. The highest BCUT2D eigenvalue weighted by Crippen LogP contribution is 2.17. The SMILES string of the molecule is CCCCN(CC(N)=O)c1cncc(NC)c1. The Morgan fingerprint density at radius 3 is 2.88 bits per heavy atom. The lowest BCUT2D eigenvalue weighted by Gasteiger charge is -2.23. The van der Waals surface area contributed by atoms with E-state index in [0.717, 1.165) is 30.8 Å². The number of aromatic nitrogens is 1. The molecule has 1 amide bonds. The molecule has 3 N–H and O–H groups in total. The van der Waals surface area contributed by atoms with Crippen molar-refractivity contribution in [3.8, 4) is 0 Å². The van der Waals surface area contributed by atoms with Crippen molar-refractivity contribution < 1.29 is 4.79 Å². The average Bonchev–Trinajstić information content (AvgIpc) is 2.34. The third-order valence-corrected chi connectivity index (χ3v) is 2.51. The fraction of sp³-hybridized carbons (Fsp3) is 0.500. The minimum absolute atomic E-state index is 0.231. The number of hydrogen-bond donors (Lipinski definition) is 2. The zero-order valence-electron chi connectivity index (χ0n) is 10.4. The molecule has 1 heterocycles. The van der Waals surface area contributed by atoms with Crippen molar-refractivity contribution in [2.24, 2.45) is 5.73 Å². The second-order valence-corrected chi connectivity index (χ2v) is 3.92. The van der Waals surface area contributed by atoms with Crippen LogP contribution in [0.25, 0.3) is 0 Å². The van der Waals surface area contributed by atoms with Gasteiger partial charge in [-0.3, -0.25) is 9.78 Å². The maximum atomic E-state index is 11.0. The monoisotopic (exact) mass is 236 g/mol. The molecular formula is C12H20N4O. The van der Waals surface area contributed by atoms with Crippen molar-refractivity contribution in [3.05, 3.63) is 18.5 Å². The van der Waals surface area contributed by atoms with E-state index in [-0.39, 0.29) is 12.5 Å². The van der Waals surface area contributed by atoms with Crippen molar-refractivity contribution >= 4 is 17.3 Å². The molecule has 0 unspecified atom stereocenters. The molecule has 5 nitrogen and oxygen atoms in total. The van der Waals surface area contributed by atoms with Crippen LogP contribution in [0, 0.1) is 0 Å². The van der Waals surface area contributed by atoms with E-state index in [1.165, 1.54) is 0 Å². The van der Waals surface area contributed by atoms with Crippen LogP contribution in [-0.4, -0.2) is 31.0 Å². The predicted molar refractivity (Wildman–Crippen MR) is 70.1 cm³/mol. The van der Waals surface area contributed by atoms with Gasteiger partial charge in [-0.05, 0) is 12.5 Å². The summed E-state index contributed by atoms with van der Waals surface area (Å²) in [6.07, 6.45) is 5.59. The number of amides is 1. The van der Waals surface area contributed by atoms with Crippen LogP contribution >= 0.6 is 0 Å². The Kier molecular flexibility index (Phi) is 5.26. The molecule has 1 aromatic rings. The van der Waals surface area contributed by atoms with Gasteiger partial charge in [0, 0.05) is 13.6 Å². The van der Waals surface area contributed by atoms with Gasteiger partial charge < -0.3 is 16.0 Å². The van der Waals surface area contributed by atoms with Crippen LogP contribution in [0.2, 0.25) is 0 Å². The van der Waals surface area contributed by atoms with Crippen molar-refractivity contribution in [2.45, 2.75) is 19.8 Å². The fourth-order valence-electron chi connectivity index (χ4n) is 1.57. The highest BCUT2D eigenvalue weighted by molar-refractivity contribution is 5.79. The summed E-state index contributed by atoms with van der Waals surface area (Å²) in [4.78, 5) is 17.1. The van der Waals surface area contributed by atoms with Gasteiger partial charge in [-0.25, -0.2) is 0 Å². The van der Waals surface area contributed by atoms with Gasteiger partial charge in [0.1, 0.15) is 0 Å². The molecular weight excluding hydrogens is 216 g/mol. The first-order chi connectivity index (χ1) is 8.17. The molecule has 0 fully saturated rings. The zero-order valence-corrected chi connectivity index (χ0v) is 10.4. The number of carbonyl (C=O) groups excluding carboxylic acids is 1. The van der Waals surface area contributed by atoms with Crippen LogP contribution in [-0.2, 0) is 4.79 Å². The molecule has 0 aliphatic rings. The van der Waals surface area contributed by atoms with Crippen molar-refractivity contribution in [3.63, 3.8) is 0 Å². The maximum absolute atomic E-state index is 11.0. The van der Waals surface area contributed by atoms with Gasteiger partial charge in [-0.15, -0.1) is 0 Å². The standard InChI is InChI=1S/C12H20N4O/c1-3-4-5-16(9-12(13)17)11-6-10(14-2)7-15-8-11/h6-8,14H,3-5,9H2,1-2H3,(H2,13,17). The van der Waals surface area contributed by atoms with Crippen LogP contribution in [0.5, 0.6) is 0 Å². The smallest absolute Gasteiger partial charge is 0.236 e. The maximum Gasteiger partial charge on any atom is 0.236 e. The van der Waals surface area contributed by atoms with E-state index in [2.05, 4.69) is 17.2 Å². The molecule has 1 aromatic heterocycles. The van der Waals surface area contributed by atoms with Crippen LogP contribution < -0.4 is 16.0 Å². The van der Waals surface area contributed by atoms with E-state index in [0.29, 0.717) is 0 Å². The van der Waals surface area contributed by atoms with Crippen molar-refractivity contribution in [2.75, 3.05) is 30.4 Å². The van der Waals surface area contributed by atoms with Gasteiger partial charge >= 0.3 is 0 Å². The summed E-state index contributed by atoms with van der Waals surface area (Å²) in [6, 6.07) is 1.96. The Hall–Kier alpha value is -1.78. The van der Waals surface area contributed by atoms with Gasteiger partial charge in [0.05, 0.1) is 30.3 Å². The summed E-state index contributed by atoms with van der Waals surface area (Å²) in [6.45, 7) is 3.16. The minimum atomic E-state index is -0.323. The lowest BCUT2D eigenvalue weighted by atomic mass is 10.2. The van der Waals surface area contributed by atoms with Crippen LogP contribution in [0.1, 0.15) is 19.8 Å². The second kappa shape index (κ2) is 6.73. The first-order valence-electron chi connectivity index (χ1n) is 5.83. The number of nitrogens with one attached hydrogen (secondary N) is 1. The molecule has 17 heavy (non-hydrogen) atoms. The first kappa shape index (κ1) is 13.3. The Balaban J connectivity index is 2.82. The Labute approximate surface area is 102 Å². The number of unbranched alkanes of at least 4 members (excludes halogenated alkanes) is 1. The van der Waals surface area contributed by atoms with E-state index < -0.39 is 0 Å². The van der Waals surface area contributed by atoms with E-state index >= 15 is 0 Å². The Morgan fingerprint density at radius 1 is 1.53 bits per heavy atom. The van der Waals surface area contributed by atoms with Gasteiger partial charge in [-0.2, -0.15) is 0 Å². The number of anilines is 2. The lowest BCUT2D eigenvalue weighted by Crippen LogP contribution is -2.34. The molecule has 0 aliphatic carbocycles. The average molecular weight is 236 g/mol. The summed E-state index contributed by atoms with van der Waals surface area (Å²) in [5.41, 5.74) is 7.10. The number of hydrogen-bond acceptors (Lipinski definition) is 4. The summed E-state index contributed by atoms with van der Waals surface area (Å²) in [5, 5.41) is 3.03. The van der Waals surface area contributed by atoms with Crippen molar-refractivity contribution in [1.82, 2.24) is 4.98 Å². The molecule has 0 atom stereocenters. The molecule has 1 rings (SSSR count). The van der Waals surface area contributed by atoms with Crippen molar-refractivity contribution in [1.29, 1.82) is 0 Å². The zero-order chi connectivity index (χ0) is 12.7. The predicted octanol–water partition coefficient (Wildman–Crippen LogP) is 1.22. The Morgan fingerprint density at radius 2 is 2.29 bits per heavy atom. The number of nitrogens with zero attached hydrogens (tertiary/aromatic N) is 2. The normalized spacial score (nSPS) is 10.0. The number of carbonyl (C=O) groups is 1. The van der Waals surface area contributed by atoms with Crippen LogP contribution in [0.4, 0.5) is 11.4 Å². The minimum Gasteiger partial charge on any atom is -0.387 e. The largest absolute Gasteiger partial charge is 0.387 e. The molecule has 0 saturated heterocycles. The summed E-state index contributed by atoms with van der Waals surface area (Å²) in [7, 11) is 1.84. The molecule has 5 heteroatoms. The van der Waals surface area contributed by atoms with E-state index in [1.807, 2.05) is 18.0 Å².